The van der Waals surface area contributed by atoms with Crippen LogP contribution in [0.4, 0.5) is 0 Å². The number of aromatic nitrogens is 1. The first-order chi connectivity index (χ1) is 8.95. The quantitative estimate of drug-likeness (QED) is 0.914. The van der Waals surface area contributed by atoms with Crippen molar-refractivity contribution in [1.29, 1.82) is 0 Å². The Labute approximate surface area is 111 Å². The molecular formula is C15H15NO3. The average Bonchev–Trinajstić information content (AvgIpc) is 2.26. The molecule has 1 N–H and O–H groups in total. The third-order valence-corrected chi connectivity index (χ3v) is 2.66. The fourth-order valence-electron chi connectivity index (χ4n) is 1.90. The summed E-state index contributed by atoms with van der Waals surface area (Å²) in [6, 6.07) is 7.40. The van der Waals surface area contributed by atoms with Crippen LogP contribution in [-0.2, 0) is 0 Å². The minimum Gasteiger partial charge on any atom is -0.477 e. The lowest BCUT2D eigenvalue weighted by atomic mass is 10.1. The van der Waals surface area contributed by atoms with Gasteiger partial charge in [0.05, 0.1) is 0 Å². The number of carboxylic acids is 1. The number of hydrogen-bond acceptors (Lipinski definition) is 3. The molecule has 0 aliphatic carbocycles. The van der Waals surface area contributed by atoms with Crippen LogP contribution in [0.25, 0.3) is 0 Å². The number of benzene rings is 1. The number of aryl methyl sites for hydroxylation is 3. The highest BCUT2D eigenvalue weighted by Gasteiger charge is 2.13. The van der Waals surface area contributed by atoms with Crippen LogP contribution < -0.4 is 4.74 Å². The van der Waals surface area contributed by atoms with E-state index in [4.69, 9.17) is 9.84 Å². The Morgan fingerprint density at radius 1 is 1.11 bits per heavy atom. The molecule has 98 valence electrons. The second-order valence-corrected chi connectivity index (χ2v) is 4.55. The molecule has 4 heteroatoms. The molecule has 0 bridgehead atoms. The van der Waals surface area contributed by atoms with Crippen molar-refractivity contribution in [3.05, 3.63) is 52.8 Å². The number of pyridine rings is 1. The third kappa shape index (κ3) is 3.10. The van der Waals surface area contributed by atoms with Crippen molar-refractivity contribution in [3.8, 4) is 11.5 Å². The van der Waals surface area contributed by atoms with Crippen LogP contribution in [0.1, 0.15) is 27.2 Å². The largest absolute Gasteiger partial charge is 0.477 e. The van der Waals surface area contributed by atoms with Crippen molar-refractivity contribution in [2.45, 2.75) is 20.8 Å². The maximum Gasteiger partial charge on any atom is 0.341 e. The Kier molecular flexibility index (Phi) is 3.51. The summed E-state index contributed by atoms with van der Waals surface area (Å²) < 4.78 is 5.69. The maximum absolute atomic E-state index is 11.1. The summed E-state index contributed by atoms with van der Waals surface area (Å²) >= 11 is 0. The Balaban J connectivity index is 2.42. The third-order valence-electron chi connectivity index (χ3n) is 2.66. The Morgan fingerprint density at radius 2 is 1.74 bits per heavy atom. The van der Waals surface area contributed by atoms with Gasteiger partial charge in [-0.25, -0.2) is 4.79 Å². The number of rotatable bonds is 3. The highest BCUT2D eigenvalue weighted by Crippen LogP contribution is 2.27. The summed E-state index contributed by atoms with van der Waals surface area (Å²) in [6.45, 7) is 5.73. The fourth-order valence-corrected chi connectivity index (χ4v) is 1.90. The monoisotopic (exact) mass is 257 g/mol. The molecule has 0 fully saturated rings. The van der Waals surface area contributed by atoms with Gasteiger partial charge in [0.2, 0.25) is 0 Å². The first-order valence-corrected chi connectivity index (χ1v) is 5.92. The normalized spacial score (nSPS) is 10.3. The number of carboxylic acid groups (broad SMARTS) is 1. The van der Waals surface area contributed by atoms with E-state index in [0.29, 0.717) is 17.2 Å². The van der Waals surface area contributed by atoms with E-state index in [1.54, 1.807) is 13.0 Å². The molecule has 2 aromatic rings. The standard InChI is InChI=1S/C15H15NO3/c1-9-4-10(2)6-12(5-9)19-14-7-11(3)16-8-13(14)15(17)18/h4-8H,1-3H3,(H,17,18). The van der Waals surface area contributed by atoms with E-state index in [-0.39, 0.29) is 5.56 Å². The van der Waals surface area contributed by atoms with Crippen molar-refractivity contribution in [2.75, 3.05) is 0 Å². The van der Waals surface area contributed by atoms with E-state index >= 15 is 0 Å². The number of carbonyl (C=O) groups is 1. The predicted octanol–water partition coefficient (Wildman–Crippen LogP) is 3.50. The van der Waals surface area contributed by atoms with Gasteiger partial charge in [-0.2, -0.15) is 0 Å². The SMILES string of the molecule is Cc1cc(C)cc(Oc2cc(C)ncc2C(=O)O)c1. The lowest BCUT2D eigenvalue weighted by Gasteiger charge is -2.10. The predicted molar refractivity (Wildman–Crippen MR) is 71.9 cm³/mol. The van der Waals surface area contributed by atoms with E-state index in [9.17, 15) is 4.79 Å². The molecular weight excluding hydrogens is 242 g/mol. The van der Waals surface area contributed by atoms with E-state index in [1.165, 1.54) is 6.20 Å². The zero-order valence-electron chi connectivity index (χ0n) is 11.1. The summed E-state index contributed by atoms with van der Waals surface area (Å²) in [5.74, 6) is -0.109. The average molecular weight is 257 g/mol. The van der Waals surface area contributed by atoms with E-state index in [0.717, 1.165) is 11.1 Å². The van der Waals surface area contributed by atoms with Gasteiger partial charge in [-0.15, -0.1) is 0 Å². The van der Waals surface area contributed by atoms with Crippen molar-refractivity contribution in [2.24, 2.45) is 0 Å². The summed E-state index contributed by atoms with van der Waals surface area (Å²) in [5, 5.41) is 9.12. The number of nitrogens with zero attached hydrogens (tertiary/aromatic N) is 1. The molecule has 0 radical (unpaired) electrons. The van der Waals surface area contributed by atoms with Crippen molar-refractivity contribution < 1.29 is 14.6 Å². The van der Waals surface area contributed by atoms with Gasteiger partial charge in [-0.1, -0.05) is 6.07 Å². The first kappa shape index (κ1) is 13.1. The molecule has 0 aliphatic rings. The van der Waals surface area contributed by atoms with Gasteiger partial charge >= 0.3 is 5.97 Å². The van der Waals surface area contributed by atoms with Crippen LogP contribution in [-0.4, -0.2) is 16.1 Å². The molecule has 1 aromatic heterocycles. The van der Waals surface area contributed by atoms with Crippen molar-refractivity contribution in [1.82, 2.24) is 4.98 Å². The van der Waals surface area contributed by atoms with Gasteiger partial charge in [-0.3, -0.25) is 4.98 Å². The molecule has 0 amide bonds. The molecule has 0 saturated carbocycles. The maximum atomic E-state index is 11.1. The minimum atomic E-state index is -1.05. The highest BCUT2D eigenvalue weighted by atomic mass is 16.5. The molecule has 0 aliphatic heterocycles. The second kappa shape index (κ2) is 5.10. The highest BCUT2D eigenvalue weighted by molar-refractivity contribution is 5.90. The minimum absolute atomic E-state index is 0.0600. The molecule has 0 atom stereocenters. The zero-order valence-corrected chi connectivity index (χ0v) is 11.1. The molecule has 2 rings (SSSR count). The van der Waals surface area contributed by atoms with Crippen LogP contribution >= 0.6 is 0 Å². The molecule has 4 nitrogen and oxygen atoms in total. The lowest BCUT2D eigenvalue weighted by molar-refractivity contribution is 0.0693. The van der Waals surface area contributed by atoms with Crippen LogP contribution in [0.5, 0.6) is 11.5 Å². The van der Waals surface area contributed by atoms with Crippen molar-refractivity contribution in [3.63, 3.8) is 0 Å². The van der Waals surface area contributed by atoms with E-state index < -0.39 is 5.97 Å². The van der Waals surface area contributed by atoms with Crippen LogP contribution in [0.15, 0.2) is 30.5 Å². The molecule has 0 spiro atoms. The van der Waals surface area contributed by atoms with E-state index in [2.05, 4.69) is 4.98 Å². The number of hydrogen-bond donors (Lipinski definition) is 1. The van der Waals surface area contributed by atoms with Crippen LogP contribution in [0.2, 0.25) is 0 Å². The second-order valence-electron chi connectivity index (χ2n) is 4.55. The topological polar surface area (TPSA) is 59.4 Å². The summed E-state index contributed by atoms with van der Waals surface area (Å²) in [4.78, 5) is 15.1. The van der Waals surface area contributed by atoms with Gasteiger partial charge < -0.3 is 9.84 Å². The number of aromatic carboxylic acids is 1. The van der Waals surface area contributed by atoms with Gasteiger partial charge in [0, 0.05) is 18.0 Å². The summed E-state index contributed by atoms with van der Waals surface area (Å²) in [5.41, 5.74) is 2.91. The van der Waals surface area contributed by atoms with Crippen LogP contribution in [0, 0.1) is 20.8 Å². The van der Waals surface area contributed by atoms with Gasteiger partial charge in [0.1, 0.15) is 17.1 Å². The Hall–Kier alpha value is -2.36. The smallest absolute Gasteiger partial charge is 0.341 e. The fraction of sp³-hybridized carbons (Fsp3) is 0.200. The van der Waals surface area contributed by atoms with Gasteiger partial charge in [-0.05, 0) is 44.0 Å². The molecule has 19 heavy (non-hydrogen) atoms. The summed E-state index contributed by atoms with van der Waals surface area (Å²) in [7, 11) is 0. The zero-order chi connectivity index (χ0) is 14.0. The molecule has 1 aromatic carbocycles. The molecule has 1 heterocycles. The van der Waals surface area contributed by atoms with E-state index in [1.807, 2.05) is 32.0 Å². The van der Waals surface area contributed by atoms with Crippen LogP contribution in [0.3, 0.4) is 0 Å². The Morgan fingerprint density at radius 3 is 2.32 bits per heavy atom. The first-order valence-electron chi connectivity index (χ1n) is 5.92. The van der Waals surface area contributed by atoms with Gasteiger partial charge in [0.15, 0.2) is 0 Å². The van der Waals surface area contributed by atoms with Gasteiger partial charge in [0.25, 0.3) is 0 Å². The Bertz CT molecular complexity index is 615. The summed E-state index contributed by atoms with van der Waals surface area (Å²) in [6.07, 6.45) is 1.32. The van der Waals surface area contributed by atoms with Crippen molar-refractivity contribution >= 4 is 5.97 Å². The molecule has 0 saturated heterocycles. The molecule has 0 unspecified atom stereocenters. The number of ether oxygens (including phenoxy) is 1. The lowest BCUT2D eigenvalue weighted by Crippen LogP contribution is -2.02.